The van der Waals surface area contributed by atoms with Crippen LogP contribution in [0.1, 0.15) is 60.4 Å². The van der Waals surface area contributed by atoms with E-state index >= 15 is 0 Å². The number of fused-ring (bicyclic) bond motifs is 2. The van der Waals surface area contributed by atoms with Crippen LogP contribution in [0.5, 0.6) is 0 Å². The van der Waals surface area contributed by atoms with Crippen LogP contribution in [0.15, 0.2) is 75.1 Å². The average Bonchev–Trinajstić information content (AvgIpc) is 3.57. The summed E-state index contributed by atoms with van der Waals surface area (Å²) in [6.45, 7) is 3.75. The van der Waals surface area contributed by atoms with Crippen LogP contribution in [0.4, 0.5) is 11.4 Å². The maximum absolute atomic E-state index is 13.6. The Balaban J connectivity index is 1.42. The summed E-state index contributed by atoms with van der Waals surface area (Å²) in [5, 5.41) is 5.73. The second-order valence-electron chi connectivity index (χ2n) is 9.56. The molecule has 0 saturated heterocycles. The van der Waals surface area contributed by atoms with E-state index in [0.29, 0.717) is 11.3 Å². The first kappa shape index (κ1) is 24.2. The molecular weight excluding hydrogens is 474 g/mol. The molecule has 7 nitrogen and oxygen atoms in total. The number of benzene rings is 2. The summed E-state index contributed by atoms with van der Waals surface area (Å²) in [5.74, 6) is -0.700. The molecule has 1 aromatic heterocycles. The fraction of sp³-hybridized carbons (Fsp3) is 0.321. The van der Waals surface area contributed by atoms with E-state index in [-0.39, 0.29) is 29.5 Å². The molecule has 1 saturated carbocycles. The van der Waals surface area contributed by atoms with Gasteiger partial charge in [-0.25, -0.2) is 0 Å². The number of hydrogen-bond donors (Lipinski definition) is 2. The molecule has 2 aromatic carbocycles. The van der Waals surface area contributed by atoms with Crippen molar-refractivity contribution in [3.63, 3.8) is 0 Å². The zero-order valence-corrected chi connectivity index (χ0v) is 21.1. The van der Waals surface area contributed by atoms with Crippen molar-refractivity contribution in [1.29, 1.82) is 0 Å². The van der Waals surface area contributed by atoms with Crippen LogP contribution >= 0.6 is 11.8 Å². The van der Waals surface area contributed by atoms with E-state index in [1.807, 2.05) is 61.2 Å². The number of nitrogens with one attached hydrogen (secondary N) is 2. The summed E-state index contributed by atoms with van der Waals surface area (Å²) in [6, 6.07) is 16.0. The molecule has 1 aliphatic carbocycles. The smallest absolute Gasteiger partial charge is 0.287 e. The molecule has 8 heteroatoms. The molecule has 0 radical (unpaired) electrons. The van der Waals surface area contributed by atoms with Gasteiger partial charge in [0.2, 0.25) is 5.91 Å². The Bertz CT molecular complexity index is 1280. The lowest BCUT2D eigenvalue weighted by molar-refractivity contribution is -0.118. The van der Waals surface area contributed by atoms with Crippen LogP contribution in [0.2, 0.25) is 0 Å². The van der Waals surface area contributed by atoms with Crippen molar-refractivity contribution < 1.29 is 18.8 Å². The van der Waals surface area contributed by atoms with E-state index in [0.717, 1.165) is 41.2 Å². The van der Waals surface area contributed by atoms with E-state index in [1.54, 1.807) is 12.1 Å². The molecular formula is C28H29N3O4S. The molecule has 1 atom stereocenters. The lowest BCUT2D eigenvalue weighted by Crippen LogP contribution is -2.47. The van der Waals surface area contributed by atoms with Gasteiger partial charge in [-0.3, -0.25) is 14.4 Å². The monoisotopic (exact) mass is 503 g/mol. The first-order valence-corrected chi connectivity index (χ1v) is 13.1. The highest BCUT2D eigenvalue weighted by Crippen LogP contribution is 2.44. The highest BCUT2D eigenvalue weighted by molar-refractivity contribution is 7.99. The van der Waals surface area contributed by atoms with Crippen LogP contribution in [0.3, 0.4) is 0 Å². The number of hydrogen-bond acceptors (Lipinski definition) is 5. The van der Waals surface area contributed by atoms with Gasteiger partial charge < -0.3 is 20.0 Å². The van der Waals surface area contributed by atoms with Gasteiger partial charge in [0.1, 0.15) is 6.04 Å². The fourth-order valence-corrected chi connectivity index (χ4v) is 5.97. The first-order chi connectivity index (χ1) is 17.4. The zero-order valence-electron chi connectivity index (χ0n) is 20.3. The van der Waals surface area contributed by atoms with E-state index in [2.05, 4.69) is 10.6 Å². The third-order valence-electron chi connectivity index (χ3n) is 6.71. The predicted octanol–water partition coefficient (Wildman–Crippen LogP) is 5.73. The molecule has 186 valence electrons. The molecule has 1 aliphatic heterocycles. The van der Waals surface area contributed by atoms with Gasteiger partial charge in [-0.15, -0.1) is 0 Å². The molecule has 3 amide bonds. The lowest BCUT2D eigenvalue weighted by Gasteiger charge is -2.29. The Morgan fingerprint density at radius 1 is 1.03 bits per heavy atom. The van der Waals surface area contributed by atoms with Crippen molar-refractivity contribution in [3.05, 3.63) is 72.2 Å². The third-order valence-corrected chi connectivity index (χ3v) is 7.84. The highest BCUT2D eigenvalue weighted by Gasteiger charge is 2.34. The number of rotatable bonds is 6. The van der Waals surface area contributed by atoms with E-state index in [4.69, 9.17) is 4.42 Å². The minimum Gasteiger partial charge on any atom is -0.459 e. The summed E-state index contributed by atoms with van der Waals surface area (Å²) in [6.07, 6.45) is 5.63. The van der Waals surface area contributed by atoms with Gasteiger partial charge in [0.25, 0.3) is 11.8 Å². The summed E-state index contributed by atoms with van der Waals surface area (Å²) in [4.78, 5) is 43.1. The van der Waals surface area contributed by atoms with Gasteiger partial charge in [-0.2, -0.15) is 0 Å². The van der Waals surface area contributed by atoms with Crippen LogP contribution in [0.25, 0.3) is 0 Å². The molecule has 3 aromatic rings. The SMILES string of the molecule is CC(C)[C@@H](NC(=O)c1ccco1)C(=O)Nc1ccc2c(c1)Sc1ccccc1C(=O)N2C1CCCC1. The van der Waals surface area contributed by atoms with Crippen molar-refractivity contribution in [3.8, 4) is 0 Å². The molecule has 36 heavy (non-hydrogen) atoms. The summed E-state index contributed by atoms with van der Waals surface area (Å²) in [5.41, 5.74) is 2.19. The van der Waals surface area contributed by atoms with Crippen molar-refractivity contribution >= 4 is 40.9 Å². The number of carbonyl (C=O) groups is 3. The fourth-order valence-electron chi connectivity index (χ4n) is 4.86. The standard InChI is InChI=1S/C28H29N3O4S/c1-17(2)25(30-26(32)22-11-7-15-35-22)27(33)29-18-13-14-21-24(16-18)36-23-12-6-5-10-20(23)28(34)31(21)19-8-3-4-9-19/h5-7,10-17,19,25H,3-4,8-9H2,1-2H3,(H,29,33)(H,30,32)/t25-/m1/s1. The van der Waals surface area contributed by atoms with E-state index in [1.165, 1.54) is 18.0 Å². The number of furan rings is 1. The van der Waals surface area contributed by atoms with Crippen LogP contribution in [0, 0.1) is 5.92 Å². The van der Waals surface area contributed by atoms with Gasteiger partial charge in [-0.05, 0) is 61.2 Å². The van der Waals surface area contributed by atoms with E-state index in [9.17, 15) is 14.4 Å². The number of amides is 3. The topological polar surface area (TPSA) is 91.6 Å². The van der Waals surface area contributed by atoms with Crippen LogP contribution in [-0.4, -0.2) is 29.8 Å². The van der Waals surface area contributed by atoms with Crippen molar-refractivity contribution in [2.45, 2.75) is 61.4 Å². The van der Waals surface area contributed by atoms with Gasteiger partial charge in [0, 0.05) is 21.5 Å². The molecule has 0 spiro atoms. The first-order valence-electron chi connectivity index (χ1n) is 12.3. The summed E-state index contributed by atoms with van der Waals surface area (Å²) >= 11 is 1.54. The van der Waals surface area contributed by atoms with Gasteiger partial charge in [-0.1, -0.05) is 50.6 Å². The van der Waals surface area contributed by atoms with Crippen LogP contribution in [-0.2, 0) is 4.79 Å². The number of anilines is 2. The minimum absolute atomic E-state index is 0.0287. The highest BCUT2D eigenvalue weighted by atomic mass is 32.2. The minimum atomic E-state index is -0.744. The van der Waals surface area contributed by atoms with Gasteiger partial charge >= 0.3 is 0 Å². The molecule has 2 heterocycles. The normalized spacial score (nSPS) is 16.3. The number of carbonyl (C=O) groups excluding carboxylic acids is 3. The Hall–Kier alpha value is -3.52. The predicted molar refractivity (Wildman–Crippen MR) is 140 cm³/mol. The van der Waals surface area contributed by atoms with Crippen LogP contribution < -0.4 is 15.5 Å². The lowest BCUT2D eigenvalue weighted by atomic mass is 10.0. The Kier molecular flexibility index (Phi) is 6.87. The number of nitrogens with zero attached hydrogens (tertiary/aromatic N) is 1. The van der Waals surface area contributed by atoms with Crippen molar-refractivity contribution in [2.24, 2.45) is 5.92 Å². The van der Waals surface area contributed by atoms with Crippen molar-refractivity contribution in [2.75, 3.05) is 10.2 Å². The maximum atomic E-state index is 13.6. The molecule has 1 fully saturated rings. The van der Waals surface area contributed by atoms with Crippen molar-refractivity contribution in [1.82, 2.24) is 5.32 Å². The summed E-state index contributed by atoms with van der Waals surface area (Å²) in [7, 11) is 0. The third kappa shape index (κ3) is 4.78. The molecule has 2 N–H and O–H groups in total. The molecule has 2 aliphatic rings. The molecule has 0 bridgehead atoms. The van der Waals surface area contributed by atoms with Gasteiger partial charge in [0.05, 0.1) is 17.5 Å². The van der Waals surface area contributed by atoms with Gasteiger partial charge in [0.15, 0.2) is 5.76 Å². The second kappa shape index (κ2) is 10.2. The quantitative estimate of drug-likeness (QED) is 0.448. The largest absolute Gasteiger partial charge is 0.459 e. The Morgan fingerprint density at radius 3 is 2.53 bits per heavy atom. The average molecular weight is 504 g/mol. The maximum Gasteiger partial charge on any atom is 0.287 e. The zero-order chi connectivity index (χ0) is 25.2. The second-order valence-corrected chi connectivity index (χ2v) is 10.6. The van der Waals surface area contributed by atoms with E-state index < -0.39 is 11.9 Å². The Labute approximate surface area is 214 Å². The molecule has 5 rings (SSSR count). The Morgan fingerprint density at radius 2 is 1.81 bits per heavy atom. The molecule has 0 unspecified atom stereocenters. The summed E-state index contributed by atoms with van der Waals surface area (Å²) < 4.78 is 5.16.